The number of carbonyl (C=O) groups is 1. The molecule has 21 heavy (non-hydrogen) atoms. The van der Waals surface area contributed by atoms with Gasteiger partial charge >= 0.3 is 0 Å². The van der Waals surface area contributed by atoms with Crippen LogP contribution >= 0.6 is 11.8 Å². The van der Waals surface area contributed by atoms with E-state index in [1.165, 1.54) is 17.1 Å². The topological polar surface area (TPSA) is 26.3 Å². The van der Waals surface area contributed by atoms with Gasteiger partial charge in [-0.3, -0.25) is 4.79 Å². The van der Waals surface area contributed by atoms with Crippen LogP contribution in [0.15, 0.2) is 30.3 Å². The summed E-state index contributed by atoms with van der Waals surface area (Å²) in [4.78, 5) is 12.5. The van der Waals surface area contributed by atoms with Crippen LogP contribution in [-0.4, -0.2) is 29.5 Å². The number of Topliss-reactive ketones (excluding diaryl/α,β-unsaturated/α-hetero) is 1. The van der Waals surface area contributed by atoms with E-state index in [9.17, 15) is 4.79 Å². The highest BCUT2D eigenvalue weighted by molar-refractivity contribution is 7.99. The third kappa shape index (κ3) is 3.89. The standard InChI is InChI=1S/C18H24O2S/c19-17(7-6-15-4-2-1-3-5-15)16-8-11-20-18(14-16)9-12-21-13-10-18/h1-5,16H,6-14H2. The van der Waals surface area contributed by atoms with Gasteiger partial charge in [0.05, 0.1) is 5.60 Å². The van der Waals surface area contributed by atoms with Gasteiger partial charge in [-0.25, -0.2) is 0 Å². The minimum absolute atomic E-state index is 0.0244. The summed E-state index contributed by atoms with van der Waals surface area (Å²) in [6, 6.07) is 10.3. The maximum Gasteiger partial charge on any atom is 0.136 e. The van der Waals surface area contributed by atoms with Gasteiger partial charge in [0.2, 0.25) is 0 Å². The number of ketones is 1. The van der Waals surface area contributed by atoms with Gasteiger partial charge in [-0.1, -0.05) is 30.3 Å². The molecule has 1 aromatic carbocycles. The first-order valence-electron chi connectivity index (χ1n) is 8.06. The first-order valence-corrected chi connectivity index (χ1v) is 9.21. The molecule has 2 fully saturated rings. The zero-order valence-electron chi connectivity index (χ0n) is 12.6. The zero-order chi connectivity index (χ0) is 14.5. The molecule has 0 N–H and O–H groups in total. The average molecular weight is 304 g/mol. The second-order valence-corrected chi connectivity index (χ2v) is 7.51. The predicted molar refractivity (Wildman–Crippen MR) is 87.7 cm³/mol. The van der Waals surface area contributed by atoms with E-state index in [2.05, 4.69) is 12.1 Å². The van der Waals surface area contributed by atoms with Crippen LogP contribution in [0.1, 0.15) is 37.7 Å². The Morgan fingerprint density at radius 3 is 2.76 bits per heavy atom. The molecule has 0 aliphatic carbocycles. The molecule has 1 spiro atoms. The van der Waals surface area contributed by atoms with Crippen molar-refractivity contribution >= 4 is 17.5 Å². The lowest BCUT2D eigenvalue weighted by Gasteiger charge is -2.43. The highest BCUT2D eigenvalue weighted by atomic mass is 32.2. The third-order valence-corrected chi connectivity index (χ3v) is 5.84. The SMILES string of the molecule is O=C(CCc1ccccc1)C1CCOC2(CCSCC2)C1. The van der Waals surface area contributed by atoms with Gasteiger partial charge in [0, 0.05) is 18.9 Å². The van der Waals surface area contributed by atoms with Crippen molar-refractivity contribution in [1.82, 2.24) is 0 Å². The second kappa shape index (κ2) is 6.97. The van der Waals surface area contributed by atoms with Crippen molar-refractivity contribution in [2.45, 2.75) is 44.1 Å². The molecule has 0 saturated carbocycles. The maximum absolute atomic E-state index is 12.5. The number of carbonyl (C=O) groups excluding carboxylic acids is 1. The van der Waals surface area contributed by atoms with Crippen molar-refractivity contribution in [1.29, 1.82) is 0 Å². The van der Waals surface area contributed by atoms with E-state index in [1.54, 1.807) is 0 Å². The van der Waals surface area contributed by atoms with Gasteiger partial charge in [-0.15, -0.1) is 0 Å². The normalized spacial score (nSPS) is 24.9. The van der Waals surface area contributed by atoms with Crippen LogP contribution in [0.2, 0.25) is 0 Å². The lowest BCUT2D eigenvalue weighted by molar-refractivity contribution is -0.138. The fraction of sp³-hybridized carbons (Fsp3) is 0.611. The summed E-state index contributed by atoms with van der Waals surface area (Å²) < 4.78 is 6.08. The Morgan fingerprint density at radius 1 is 1.24 bits per heavy atom. The summed E-state index contributed by atoms with van der Waals surface area (Å²) in [5, 5.41) is 0. The predicted octanol–water partition coefficient (Wildman–Crippen LogP) is 3.88. The van der Waals surface area contributed by atoms with Gasteiger partial charge in [-0.2, -0.15) is 11.8 Å². The molecule has 2 saturated heterocycles. The van der Waals surface area contributed by atoms with Crippen LogP contribution in [0.3, 0.4) is 0 Å². The fourth-order valence-electron chi connectivity index (χ4n) is 3.51. The number of aryl methyl sites for hydroxylation is 1. The summed E-state index contributed by atoms with van der Waals surface area (Å²) in [6.45, 7) is 0.770. The van der Waals surface area contributed by atoms with Gasteiger partial charge in [0.1, 0.15) is 5.78 Å². The Hall–Kier alpha value is -0.800. The molecule has 0 radical (unpaired) electrons. The Bertz CT molecular complexity index is 460. The molecule has 1 atom stereocenters. The van der Waals surface area contributed by atoms with E-state index in [0.29, 0.717) is 12.2 Å². The lowest BCUT2D eigenvalue weighted by atomic mass is 9.79. The molecule has 3 rings (SSSR count). The summed E-state index contributed by atoms with van der Waals surface area (Å²) in [5.41, 5.74) is 1.29. The van der Waals surface area contributed by atoms with Crippen LogP contribution in [-0.2, 0) is 16.0 Å². The largest absolute Gasteiger partial charge is 0.375 e. The van der Waals surface area contributed by atoms with Crippen LogP contribution in [0, 0.1) is 5.92 Å². The molecule has 2 nitrogen and oxygen atoms in total. The van der Waals surface area contributed by atoms with Crippen molar-refractivity contribution in [3.63, 3.8) is 0 Å². The summed E-state index contributed by atoms with van der Waals surface area (Å²) in [6.07, 6.45) is 5.68. The molecule has 1 unspecified atom stereocenters. The van der Waals surface area contributed by atoms with Crippen molar-refractivity contribution in [3.8, 4) is 0 Å². The first kappa shape index (κ1) is 15.1. The first-order chi connectivity index (χ1) is 10.3. The lowest BCUT2D eigenvalue weighted by Crippen LogP contribution is -2.44. The van der Waals surface area contributed by atoms with Crippen molar-refractivity contribution in [2.75, 3.05) is 18.1 Å². The van der Waals surface area contributed by atoms with Gasteiger partial charge in [-0.05, 0) is 49.2 Å². The number of hydrogen-bond acceptors (Lipinski definition) is 3. The molecule has 0 amide bonds. The Morgan fingerprint density at radius 2 is 2.00 bits per heavy atom. The molecule has 2 aliphatic rings. The Labute approximate surface area is 131 Å². The van der Waals surface area contributed by atoms with Crippen molar-refractivity contribution in [3.05, 3.63) is 35.9 Å². The fourth-order valence-corrected chi connectivity index (χ4v) is 4.75. The molecule has 1 aromatic rings. The monoisotopic (exact) mass is 304 g/mol. The van der Waals surface area contributed by atoms with Crippen LogP contribution in [0.25, 0.3) is 0 Å². The number of benzene rings is 1. The van der Waals surface area contributed by atoms with E-state index in [1.807, 2.05) is 30.0 Å². The van der Waals surface area contributed by atoms with Crippen LogP contribution in [0.4, 0.5) is 0 Å². The van der Waals surface area contributed by atoms with Crippen LogP contribution < -0.4 is 0 Å². The highest BCUT2D eigenvalue weighted by Crippen LogP contribution is 2.40. The average Bonchev–Trinajstić information content (AvgIpc) is 2.54. The number of ether oxygens (including phenoxy) is 1. The molecule has 0 bridgehead atoms. The molecular weight excluding hydrogens is 280 g/mol. The summed E-state index contributed by atoms with van der Waals surface area (Å²) >= 11 is 2.01. The molecule has 3 heteroatoms. The number of rotatable bonds is 4. The van der Waals surface area contributed by atoms with Gasteiger partial charge in [0.25, 0.3) is 0 Å². The minimum atomic E-state index is 0.0244. The van der Waals surface area contributed by atoms with Crippen molar-refractivity contribution in [2.24, 2.45) is 5.92 Å². The summed E-state index contributed by atoms with van der Waals surface area (Å²) in [5.74, 6) is 3.04. The third-order valence-electron chi connectivity index (χ3n) is 4.86. The molecule has 2 heterocycles. The smallest absolute Gasteiger partial charge is 0.136 e. The summed E-state index contributed by atoms with van der Waals surface area (Å²) in [7, 11) is 0. The second-order valence-electron chi connectivity index (χ2n) is 6.29. The Balaban J connectivity index is 1.54. The molecule has 0 aromatic heterocycles. The van der Waals surface area contributed by atoms with Gasteiger partial charge < -0.3 is 4.74 Å². The molecular formula is C18H24O2S. The van der Waals surface area contributed by atoms with E-state index < -0.39 is 0 Å². The van der Waals surface area contributed by atoms with Gasteiger partial charge in [0.15, 0.2) is 0 Å². The van der Waals surface area contributed by atoms with E-state index in [0.717, 1.165) is 38.7 Å². The molecule has 114 valence electrons. The Kier molecular flexibility index (Phi) is 5.02. The highest BCUT2D eigenvalue weighted by Gasteiger charge is 2.40. The van der Waals surface area contributed by atoms with E-state index in [-0.39, 0.29) is 11.5 Å². The maximum atomic E-state index is 12.5. The van der Waals surface area contributed by atoms with E-state index in [4.69, 9.17) is 4.74 Å². The number of thioether (sulfide) groups is 1. The molecule has 2 aliphatic heterocycles. The zero-order valence-corrected chi connectivity index (χ0v) is 13.4. The number of hydrogen-bond donors (Lipinski definition) is 0. The van der Waals surface area contributed by atoms with Crippen LogP contribution in [0.5, 0.6) is 0 Å². The van der Waals surface area contributed by atoms with E-state index >= 15 is 0 Å². The minimum Gasteiger partial charge on any atom is -0.375 e. The quantitative estimate of drug-likeness (QED) is 0.844. The van der Waals surface area contributed by atoms with Crippen molar-refractivity contribution < 1.29 is 9.53 Å².